The van der Waals surface area contributed by atoms with Crippen molar-refractivity contribution >= 4 is 27.5 Å². The number of nitrogens with one attached hydrogen (secondary N) is 1. The summed E-state index contributed by atoms with van der Waals surface area (Å²) in [5.74, 6) is 0.164. The first kappa shape index (κ1) is 22.8. The average Bonchev–Trinajstić information content (AvgIpc) is 2.76. The molecule has 0 radical (unpaired) electrons. The lowest BCUT2D eigenvalue weighted by molar-refractivity contribution is -0.146. The minimum atomic E-state index is -3.47. The number of likely N-dealkylation sites (N-methyl/N-ethyl adjacent to an activating group) is 1. The lowest BCUT2D eigenvalue weighted by Crippen LogP contribution is -2.54. The number of benzene rings is 1. The molecule has 10 nitrogen and oxygen atoms in total. The Labute approximate surface area is 187 Å². The van der Waals surface area contributed by atoms with Gasteiger partial charge in [-0.25, -0.2) is 8.42 Å². The highest BCUT2D eigenvalue weighted by atomic mass is 32.2. The van der Waals surface area contributed by atoms with Crippen LogP contribution < -0.4 is 9.46 Å². The molecule has 3 aliphatic rings. The molecule has 0 unspecified atom stereocenters. The van der Waals surface area contributed by atoms with Gasteiger partial charge in [-0.1, -0.05) is 0 Å². The van der Waals surface area contributed by atoms with E-state index in [2.05, 4.69) is 4.72 Å². The number of fused-ring (bicyclic) bond motifs is 2. The van der Waals surface area contributed by atoms with Gasteiger partial charge in [-0.2, -0.15) is 0 Å². The third kappa shape index (κ3) is 5.16. The van der Waals surface area contributed by atoms with Gasteiger partial charge in [0.2, 0.25) is 15.9 Å². The molecule has 0 aromatic heterocycles. The smallest absolute Gasteiger partial charge is 0.257 e. The van der Waals surface area contributed by atoms with Crippen molar-refractivity contribution in [2.75, 3.05) is 50.9 Å². The van der Waals surface area contributed by atoms with Crippen LogP contribution in [-0.2, 0) is 24.3 Å². The zero-order chi connectivity index (χ0) is 22.9. The molecule has 2 fully saturated rings. The first-order valence-corrected chi connectivity index (χ1v) is 12.6. The topological polar surface area (TPSA) is 114 Å². The van der Waals surface area contributed by atoms with E-state index >= 15 is 0 Å². The van der Waals surface area contributed by atoms with Crippen LogP contribution in [0.1, 0.15) is 29.6 Å². The number of sulfonamides is 1. The highest BCUT2D eigenvalue weighted by Crippen LogP contribution is 2.32. The van der Waals surface area contributed by atoms with Gasteiger partial charge < -0.3 is 24.0 Å². The number of nitrogens with zero attached hydrogens (tertiary/aromatic N) is 2. The first-order valence-electron chi connectivity index (χ1n) is 10.7. The minimum absolute atomic E-state index is 0.0594. The zero-order valence-electron chi connectivity index (χ0n) is 18.3. The van der Waals surface area contributed by atoms with Crippen molar-refractivity contribution in [3.8, 4) is 5.75 Å². The lowest BCUT2D eigenvalue weighted by Gasteiger charge is -2.42. The number of hydrogen-bond acceptors (Lipinski definition) is 7. The van der Waals surface area contributed by atoms with Crippen LogP contribution in [0.4, 0.5) is 5.69 Å². The quantitative estimate of drug-likeness (QED) is 0.693. The van der Waals surface area contributed by atoms with E-state index < -0.39 is 10.0 Å². The Kier molecular flexibility index (Phi) is 6.59. The Morgan fingerprint density at radius 3 is 2.69 bits per heavy atom. The van der Waals surface area contributed by atoms with Gasteiger partial charge in [-0.15, -0.1) is 0 Å². The molecule has 176 valence electrons. The van der Waals surface area contributed by atoms with E-state index in [-0.39, 0.29) is 36.7 Å². The molecule has 0 spiro atoms. The summed E-state index contributed by atoms with van der Waals surface area (Å²) in [4.78, 5) is 29.2. The van der Waals surface area contributed by atoms with Gasteiger partial charge in [0.15, 0.2) is 0 Å². The van der Waals surface area contributed by atoms with E-state index in [0.717, 1.165) is 6.26 Å². The van der Waals surface area contributed by atoms with Crippen molar-refractivity contribution in [3.05, 3.63) is 23.8 Å². The summed E-state index contributed by atoms with van der Waals surface area (Å²) in [5, 5.41) is 0. The summed E-state index contributed by atoms with van der Waals surface area (Å²) < 4.78 is 42.9. The molecule has 0 aliphatic carbocycles. The molecule has 3 atom stereocenters. The molecule has 4 rings (SSSR count). The average molecular weight is 468 g/mol. The van der Waals surface area contributed by atoms with Crippen LogP contribution in [-0.4, -0.2) is 94.5 Å². The maximum atomic E-state index is 13.2. The standard InChI is InChI=1S/C21H29N3O7S/c1-23-17-5-4-15(12-20(25)24-7-9-29-10-8-24)31-19(17)13-30-18-6-3-14(22-32(2,27)28)11-16(18)21(23)26/h3,6,11,15,17,19,22H,4-5,7-10,12-13H2,1-2H3/t15-,17-,19-/m1/s1. The fourth-order valence-corrected chi connectivity index (χ4v) is 5.00. The summed E-state index contributed by atoms with van der Waals surface area (Å²) in [6.07, 6.45) is 2.13. The summed E-state index contributed by atoms with van der Waals surface area (Å²) >= 11 is 0. The monoisotopic (exact) mass is 467 g/mol. The summed E-state index contributed by atoms with van der Waals surface area (Å²) in [5.41, 5.74) is 0.597. The number of amides is 2. The third-order valence-corrected chi connectivity index (χ3v) is 6.69. The second-order valence-corrected chi connectivity index (χ2v) is 10.2. The van der Waals surface area contributed by atoms with Crippen molar-refractivity contribution in [1.82, 2.24) is 9.80 Å². The highest BCUT2D eigenvalue weighted by molar-refractivity contribution is 7.92. The second kappa shape index (κ2) is 9.24. The van der Waals surface area contributed by atoms with Gasteiger partial charge in [0, 0.05) is 25.8 Å². The predicted molar refractivity (Wildman–Crippen MR) is 116 cm³/mol. The van der Waals surface area contributed by atoms with E-state index in [9.17, 15) is 18.0 Å². The highest BCUT2D eigenvalue weighted by Gasteiger charge is 2.39. The number of morpholine rings is 1. The van der Waals surface area contributed by atoms with E-state index in [1.165, 1.54) is 6.07 Å². The van der Waals surface area contributed by atoms with Crippen molar-refractivity contribution in [1.29, 1.82) is 0 Å². The van der Waals surface area contributed by atoms with Gasteiger partial charge in [0.1, 0.15) is 18.5 Å². The molecule has 32 heavy (non-hydrogen) atoms. The summed E-state index contributed by atoms with van der Waals surface area (Å²) in [7, 11) is -1.75. The Hall–Kier alpha value is -2.37. The second-order valence-electron chi connectivity index (χ2n) is 8.45. The summed E-state index contributed by atoms with van der Waals surface area (Å²) in [6, 6.07) is 4.43. The van der Waals surface area contributed by atoms with Gasteiger partial charge in [0.25, 0.3) is 5.91 Å². The zero-order valence-corrected chi connectivity index (χ0v) is 19.1. The van der Waals surface area contributed by atoms with Crippen molar-refractivity contribution < 1.29 is 32.2 Å². The van der Waals surface area contributed by atoms with Crippen LogP contribution in [0.3, 0.4) is 0 Å². The normalized spacial score (nSPS) is 26.3. The lowest BCUT2D eigenvalue weighted by atomic mass is 9.94. The molecule has 3 heterocycles. The fraction of sp³-hybridized carbons (Fsp3) is 0.619. The number of rotatable bonds is 4. The maximum absolute atomic E-state index is 13.2. The van der Waals surface area contributed by atoms with E-state index in [1.54, 1.807) is 24.1 Å². The first-order chi connectivity index (χ1) is 15.2. The molecular weight excluding hydrogens is 438 g/mol. The van der Waals surface area contributed by atoms with Gasteiger partial charge >= 0.3 is 0 Å². The van der Waals surface area contributed by atoms with E-state index in [0.29, 0.717) is 62.6 Å². The molecule has 1 aromatic carbocycles. The van der Waals surface area contributed by atoms with E-state index in [1.807, 2.05) is 4.90 Å². The van der Waals surface area contributed by atoms with Gasteiger partial charge in [-0.05, 0) is 31.0 Å². The van der Waals surface area contributed by atoms with Crippen LogP contribution in [0, 0.1) is 0 Å². The fourth-order valence-electron chi connectivity index (χ4n) is 4.44. The SMILES string of the molecule is CN1C(=O)c2cc(NS(C)(=O)=O)ccc2OC[C@H]2O[C@@H](CC(=O)N3CCOCC3)CC[C@H]21. The molecule has 3 aliphatic heterocycles. The number of carbonyl (C=O) groups is 2. The number of hydrogen-bond donors (Lipinski definition) is 1. The van der Waals surface area contributed by atoms with Crippen LogP contribution in [0.15, 0.2) is 18.2 Å². The Morgan fingerprint density at radius 2 is 1.97 bits per heavy atom. The molecular formula is C21H29N3O7S. The Bertz CT molecular complexity index is 978. The van der Waals surface area contributed by atoms with Crippen molar-refractivity contribution in [2.24, 2.45) is 0 Å². The largest absolute Gasteiger partial charge is 0.490 e. The van der Waals surface area contributed by atoms with Crippen LogP contribution in [0.5, 0.6) is 5.75 Å². The third-order valence-electron chi connectivity index (χ3n) is 6.08. The van der Waals surface area contributed by atoms with Crippen molar-refractivity contribution in [3.63, 3.8) is 0 Å². The number of anilines is 1. The molecule has 0 saturated carbocycles. The maximum Gasteiger partial charge on any atom is 0.257 e. The predicted octanol–water partition coefficient (Wildman–Crippen LogP) is 0.688. The Balaban J connectivity index is 1.46. The minimum Gasteiger partial charge on any atom is -0.490 e. The van der Waals surface area contributed by atoms with Crippen LogP contribution in [0.2, 0.25) is 0 Å². The van der Waals surface area contributed by atoms with Crippen LogP contribution >= 0.6 is 0 Å². The molecule has 0 bridgehead atoms. The van der Waals surface area contributed by atoms with Crippen molar-refractivity contribution in [2.45, 2.75) is 37.5 Å². The summed E-state index contributed by atoms with van der Waals surface area (Å²) in [6.45, 7) is 2.55. The molecule has 2 saturated heterocycles. The van der Waals surface area contributed by atoms with Gasteiger partial charge in [-0.3, -0.25) is 14.3 Å². The molecule has 1 aromatic rings. The van der Waals surface area contributed by atoms with Crippen LogP contribution in [0.25, 0.3) is 0 Å². The molecule has 1 N–H and O–H groups in total. The number of ether oxygens (including phenoxy) is 3. The molecule has 2 amide bonds. The number of carbonyl (C=O) groups excluding carboxylic acids is 2. The molecule has 11 heteroatoms. The Morgan fingerprint density at radius 1 is 1.22 bits per heavy atom. The van der Waals surface area contributed by atoms with Gasteiger partial charge in [0.05, 0.1) is 43.6 Å². The van der Waals surface area contributed by atoms with E-state index in [4.69, 9.17) is 14.2 Å².